The van der Waals surface area contributed by atoms with Crippen molar-refractivity contribution in [1.29, 1.82) is 0 Å². The summed E-state index contributed by atoms with van der Waals surface area (Å²) in [5.41, 5.74) is 5.71. The van der Waals surface area contributed by atoms with Gasteiger partial charge >= 0.3 is 0 Å². The molecule has 0 bridgehead atoms. The van der Waals surface area contributed by atoms with E-state index in [4.69, 9.17) is 10.3 Å². The lowest BCUT2D eigenvalue weighted by atomic mass is 10.1. The van der Waals surface area contributed by atoms with Crippen LogP contribution in [0.25, 0.3) is 11.5 Å². The third-order valence-corrected chi connectivity index (χ3v) is 2.62. The van der Waals surface area contributed by atoms with Crippen molar-refractivity contribution >= 4 is 0 Å². The molecular weight excluding hydrogens is 240 g/mol. The molecule has 1 aromatic carbocycles. The summed E-state index contributed by atoms with van der Waals surface area (Å²) in [4.78, 5) is 4.01. The summed E-state index contributed by atoms with van der Waals surface area (Å²) in [6, 6.07) is 3.72. The number of nitrogens with two attached hydrogens (primary N) is 1. The number of nitrogens with zero attached hydrogens (tertiary/aromatic N) is 2. The van der Waals surface area contributed by atoms with Crippen molar-refractivity contribution in [3.63, 3.8) is 0 Å². The summed E-state index contributed by atoms with van der Waals surface area (Å²) in [6.45, 7) is 1.94. The lowest BCUT2D eigenvalue weighted by Gasteiger charge is -2.02. The number of halogens is 2. The fourth-order valence-electron chi connectivity index (χ4n) is 1.49. The average Bonchev–Trinajstić information content (AvgIpc) is 2.80. The summed E-state index contributed by atoms with van der Waals surface area (Å²) in [6.07, 6.45) is 1.22. The molecule has 0 saturated carbocycles. The molecule has 4 nitrogen and oxygen atoms in total. The third kappa shape index (κ3) is 2.53. The van der Waals surface area contributed by atoms with E-state index in [2.05, 4.69) is 10.1 Å². The molecule has 2 N–H and O–H groups in total. The van der Waals surface area contributed by atoms with Crippen LogP contribution >= 0.6 is 0 Å². The van der Waals surface area contributed by atoms with Crippen LogP contribution in [-0.2, 0) is 6.42 Å². The van der Waals surface area contributed by atoms with Crippen molar-refractivity contribution in [3.05, 3.63) is 35.7 Å². The number of aromatic nitrogens is 2. The lowest BCUT2D eigenvalue weighted by Crippen LogP contribution is -2.21. The summed E-state index contributed by atoms with van der Waals surface area (Å²) >= 11 is 0. The van der Waals surface area contributed by atoms with Gasteiger partial charge < -0.3 is 10.3 Å². The quantitative estimate of drug-likeness (QED) is 0.907. The van der Waals surface area contributed by atoms with Crippen LogP contribution in [0.1, 0.15) is 19.2 Å². The van der Waals surface area contributed by atoms with Crippen molar-refractivity contribution in [1.82, 2.24) is 10.1 Å². The second-order valence-electron chi connectivity index (χ2n) is 3.99. The lowest BCUT2D eigenvalue weighted by molar-refractivity contribution is 0.415. The zero-order valence-electron chi connectivity index (χ0n) is 9.86. The van der Waals surface area contributed by atoms with Gasteiger partial charge in [-0.05, 0) is 18.6 Å². The highest BCUT2D eigenvalue weighted by atomic mass is 19.2. The molecular formula is C12H13F2N3O. The Hall–Kier alpha value is -1.82. The number of benzene rings is 1. The Morgan fingerprint density at radius 1 is 1.39 bits per heavy atom. The number of rotatable bonds is 4. The molecule has 1 unspecified atom stereocenters. The molecule has 0 saturated heterocycles. The van der Waals surface area contributed by atoms with Crippen molar-refractivity contribution < 1.29 is 13.3 Å². The minimum atomic E-state index is -0.993. The van der Waals surface area contributed by atoms with Gasteiger partial charge in [0.2, 0.25) is 0 Å². The van der Waals surface area contributed by atoms with E-state index in [9.17, 15) is 8.78 Å². The van der Waals surface area contributed by atoms with Crippen molar-refractivity contribution in [2.75, 3.05) is 0 Å². The maximum Gasteiger partial charge on any atom is 0.261 e. The first-order chi connectivity index (χ1) is 8.61. The minimum absolute atomic E-state index is 0.0368. The monoisotopic (exact) mass is 253 g/mol. The van der Waals surface area contributed by atoms with Gasteiger partial charge in [0, 0.05) is 12.5 Å². The first-order valence-electron chi connectivity index (χ1n) is 5.64. The van der Waals surface area contributed by atoms with Gasteiger partial charge in [0.1, 0.15) is 0 Å². The smallest absolute Gasteiger partial charge is 0.261 e. The van der Waals surface area contributed by atoms with E-state index in [1.165, 1.54) is 12.1 Å². The Morgan fingerprint density at radius 3 is 2.89 bits per heavy atom. The molecule has 0 fully saturated rings. The maximum atomic E-state index is 13.5. The van der Waals surface area contributed by atoms with Crippen LogP contribution in [0.2, 0.25) is 0 Å². The Kier molecular flexibility index (Phi) is 3.66. The predicted molar refractivity (Wildman–Crippen MR) is 61.6 cm³/mol. The van der Waals surface area contributed by atoms with Gasteiger partial charge in [0.25, 0.3) is 5.89 Å². The predicted octanol–water partition coefficient (Wildman–Crippen LogP) is 2.29. The van der Waals surface area contributed by atoms with E-state index in [0.29, 0.717) is 12.2 Å². The van der Waals surface area contributed by atoms with Gasteiger partial charge in [-0.25, -0.2) is 8.78 Å². The van der Waals surface area contributed by atoms with Crippen LogP contribution in [0.15, 0.2) is 22.7 Å². The Balaban J connectivity index is 2.27. The SMILES string of the molecule is CCC(N)Cc1noc(-c2cccc(F)c2F)n1. The van der Waals surface area contributed by atoms with Crippen LogP contribution in [0, 0.1) is 11.6 Å². The molecule has 0 amide bonds. The standard InChI is InChI=1S/C12H13F2N3O/c1-2-7(15)6-10-16-12(18-17-10)8-4-3-5-9(13)11(8)14/h3-5,7H,2,6,15H2,1H3. The van der Waals surface area contributed by atoms with E-state index >= 15 is 0 Å². The highest BCUT2D eigenvalue weighted by Gasteiger charge is 2.16. The Labute approximate surface area is 103 Å². The molecule has 0 radical (unpaired) electrons. The minimum Gasteiger partial charge on any atom is -0.334 e. The summed E-state index contributed by atoms with van der Waals surface area (Å²) in [5.74, 6) is -1.58. The van der Waals surface area contributed by atoms with Gasteiger partial charge in [0.15, 0.2) is 17.5 Å². The van der Waals surface area contributed by atoms with Gasteiger partial charge in [-0.3, -0.25) is 0 Å². The molecule has 1 aromatic heterocycles. The summed E-state index contributed by atoms with van der Waals surface area (Å²) in [7, 11) is 0. The topological polar surface area (TPSA) is 64.9 Å². The second-order valence-corrected chi connectivity index (χ2v) is 3.99. The van der Waals surface area contributed by atoms with E-state index in [1.54, 1.807) is 0 Å². The fraction of sp³-hybridized carbons (Fsp3) is 0.333. The van der Waals surface area contributed by atoms with Crippen LogP contribution in [0.4, 0.5) is 8.78 Å². The van der Waals surface area contributed by atoms with E-state index in [0.717, 1.165) is 12.5 Å². The molecule has 0 aliphatic rings. The Morgan fingerprint density at radius 2 is 2.17 bits per heavy atom. The van der Waals surface area contributed by atoms with E-state index < -0.39 is 11.6 Å². The fourth-order valence-corrected chi connectivity index (χ4v) is 1.49. The first kappa shape index (κ1) is 12.6. The molecule has 0 aliphatic heterocycles. The molecule has 18 heavy (non-hydrogen) atoms. The third-order valence-electron chi connectivity index (χ3n) is 2.62. The van der Waals surface area contributed by atoms with Crippen molar-refractivity contribution in [3.8, 4) is 11.5 Å². The molecule has 2 aromatic rings. The van der Waals surface area contributed by atoms with Crippen molar-refractivity contribution in [2.24, 2.45) is 5.73 Å². The molecule has 1 atom stereocenters. The molecule has 0 aliphatic carbocycles. The zero-order chi connectivity index (χ0) is 13.1. The van der Waals surface area contributed by atoms with Crippen LogP contribution in [-0.4, -0.2) is 16.2 Å². The van der Waals surface area contributed by atoms with Crippen LogP contribution in [0.5, 0.6) is 0 Å². The summed E-state index contributed by atoms with van der Waals surface area (Å²) in [5, 5.41) is 3.70. The van der Waals surface area contributed by atoms with Crippen LogP contribution < -0.4 is 5.73 Å². The molecule has 6 heteroatoms. The van der Waals surface area contributed by atoms with E-state index in [-0.39, 0.29) is 17.5 Å². The number of hydrogen-bond acceptors (Lipinski definition) is 4. The first-order valence-corrected chi connectivity index (χ1v) is 5.64. The van der Waals surface area contributed by atoms with E-state index in [1.807, 2.05) is 6.92 Å². The zero-order valence-corrected chi connectivity index (χ0v) is 9.86. The highest BCUT2D eigenvalue weighted by molar-refractivity contribution is 5.53. The summed E-state index contributed by atoms with van der Waals surface area (Å²) < 4.78 is 31.5. The normalized spacial score (nSPS) is 12.7. The van der Waals surface area contributed by atoms with Crippen LogP contribution in [0.3, 0.4) is 0 Å². The van der Waals surface area contributed by atoms with Crippen molar-refractivity contribution in [2.45, 2.75) is 25.8 Å². The molecule has 96 valence electrons. The molecule has 0 spiro atoms. The van der Waals surface area contributed by atoms with Gasteiger partial charge in [-0.15, -0.1) is 0 Å². The van der Waals surface area contributed by atoms with Gasteiger partial charge in [0.05, 0.1) is 5.56 Å². The molecule has 1 heterocycles. The maximum absolute atomic E-state index is 13.5. The second kappa shape index (κ2) is 5.22. The average molecular weight is 253 g/mol. The van der Waals surface area contributed by atoms with Gasteiger partial charge in [-0.2, -0.15) is 4.98 Å². The van der Waals surface area contributed by atoms with Gasteiger partial charge in [-0.1, -0.05) is 18.1 Å². The Bertz CT molecular complexity index is 542. The highest BCUT2D eigenvalue weighted by Crippen LogP contribution is 2.22. The molecule has 2 rings (SSSR count). The number of hydrogen-bond donors (Lipinski definition) is 1. The largest absolute Gasteiger partial charge is 0.334 e.